The van der Waals surface area contributed by atoms with E-state index in [9.17, 15) is 20.1 Å². The average molecular weight is 458 g/mol. The van der Waals surface area contributed by atoms with Crippen molar-refractivity contribution in [3.8, 4) is 0 Å². The number of alkyl halides is 1. The van der Waals surface area contributed by atoms with Crippen LogP contribution in [0.25, 0.3) is 0 Å². The Morgan fingerprint density at radius 3 is 2.53 bits per heavy atom. The molecule has 0 saturated carbocycles. The summed E-state index contributed by atoms with van der Waals surface area (Å²) in [5.41, 5.74) is 0.345. The minimum Gasteiger partial charge on any atom is -0.388 e. The fraction of sp³-hybridized carbons (Fsp3) is 0.682. The van der Waals surface area contributed by atoms with Crippen molar-refractivity contribution in [1.82, 2.24) is 0 Å². The number of thioether (sulfide) groups is 1. The van der Waals surface area contributed by atoms with E-state index in [0.717, 1.165) is 31.5 Å². The molecule has 0 bridgehead atoms. The van der Waals surface area contributed by atoms with Crippen LogP contribution in [0, 0.1) is 5.92 Å². The number of rotatable bonds is 7. The number of aliphatic hydroxyl groups excluding tert-OH is 3. The number of piperidine rings is 1. The molecule has 8 heteroatoms. The highest BCUT2D eigenvalue weighted by atomic mass is 35.5. The first-order valence-corrected chi connectivity index (χ1v) is 12.3. The average Bonchev–Trinajstić information content (AvgIpc) is 2.77. The number of Topliss-reactive ketones (excluding diaryl/α,β-unsaturated/α-hetero) is 1. The second kappa shape index (κ2) is 10.7. The van der Waals surface area contributed by atoms with Crippen molar-refractivity contribution in [3.63, 3.8) is 0 Å². The Hall–Kier alpha value is -0.830. The predicted octanol–water partition coefficient (Wildman–Crippen LogP) is 2.42. The van der Waals surface area contributed by atoms with Gasteiger partial charge in [0.1, 0.15) is 23.7 Å². The summed E-state index contributed by atoms with van der Waals surface area (Å²) < 4.78 is 5.91. The van der Waals surface area contributed by atoms with Crippen LogP contribution in [0.1, 0.15) is 32.6 Å². The fourth-order valence-electron chi connectivity index (χ4n) is 4.53. The van der Waals surface area contributed by atoms with E-state index < -0.39 is 41.1 Å². The molecule has 6 nitrogen and oxygen atoms in total. The second-order valence-corrected chi connectivity index (χ2v) is 9.85. The molecule has 1 unspecified atom stereocenters. The number of carbonyl (C=O) groups excluding carboxylic acids is 1. The third kappa shape index (κ3) is 5.14. The Kier molecular flexibility index (Phi) is 8.46. The van der Waals surface area contributed by atoms with Gasteiger partial charge in [-0.1, -0.05) is 18.2 Å². The number of carbonyl (C=O) groups is 1. The van der Waals surface area contributed by atoms with E-state index in [1.807, 2.05) is 30.3 Å². The lowest BCUT2D eigenvalue weighted by Gasteiger charge is -2.44. The van der Waals surface area contributed by atoms with Crippen LogP contribution in [-0.4, -0.2) is 75.2 Å². The summed E-state index contributed by atoms with van der Waals surface area (Å²) in [6, 6.07) is 9.68. The number of aliphatic hydroxyl groups is 3. The predicted molar refractivity (Wildman–Crippen MR) is 120 cm³/mol. The molecule has 3 rings (SSSR count). The molecule has 0 aliphatic carbocycles. The summed E-state index contributed by atoms with van der Waals surface area (Å²) in [6.07, 6.45) is 0.0414. The molecule has 0 spiro atoms. The van der Waals surface area contributed by atoms with Gasteiger partial charge in [-0.15, -0.1) is 23.4 Å². The minimum atomic E-state index is -1.34. The SMILES string of the molecule is CS[C@H]1O[C@H]([C@H](CC(=O)C2CCCCN2c2ccccc2)[C@H](C)Cl)[C@H](O)[C@H](O)[C@H]1O. The Balaban J connectivity index is 1.77. The second-order valence-electron chi connectivity index (χ2n) is 8.23. The first-order valence-electron chi connectivity index (χ1n) is 10.6. The van der Waals surface area contributed by atoms with E-state index in [1.54, 1.807) is 13.2 Å². The minimum absolute atomic E-state index is 0.0631. The van der Waals surface area contributed by atoms with Crippen molar-refractivity contribution < 1.29 is 24.9 Å². The molecule has 0 radical (unpaired) electrons. The number of para-hydroxylation sites is 1. The lowest BCUT2D eigenvalue weighted by Crippen LogP contribution is -2.59. The highest BCUT2D eigenvalue weighted by Gasteiger charge is 2.48. The first kappa shape index (κ1) is 23.8. The van der Waals surface area contributed by atoms with E-state index in [4.69, 9.17) is 16.3 Å². The van der Waals surface area contributed by atoms with E-state index in [0.29, 0.717) is 0 Å². The molecule has 2 heterocycles. The van der Waals surface area contributed by atoms with Gasteiger partial charge in [-0.3, -0.25) is 4.79 Å². The largest absolute Gasteiger partial charge is 0.388 e. The van der Waals surface area contributed by atoms with Crippen molar-refractivity contribution in [3.05, 3.63) is 30.3 Å². The fourth-order valence-corrected chi connectivity index (χ4v) is 5.44. The highest BCUT2D eigenvalue weighted by molar-refractivity contribution is 7.99. The number of anilines is 1. The molecule has 2 aliphatic heterocycles. The molecule has 30 heavy (non-hydrogen) atoms. The summed E-state index contributed by atoms with van der Waals surface area (Å²) >= 11 is 7.70. The Bertz CT molecular complexity index is 691. The van der Waals surface area contributed by atoms with Gasteiger partial charge in [-0.25, -0.2) is 0 Å². The summed E-state index contributed by atoms with van der Waals surface area (Å²) in [5, 5.41) is 30.5. The standard InChI is InChI=1S/C22H32ClNO5S/c1-13(23)15(21-19(27)18(26)20(28)22(29-21)30-2)12-17(25)16-10-6-7-11-24(16)14-8-4-3-5-9-14/h3-5,8-9,13,15-16,18-22,26-28H,6-7,10-12H2,1-2H3/t13-,15+,16?,18-,19+,20+,21+,22+/m0/s1. The molecule has 168 valence electrons. The van der Waals surface area contributed by atoms with Gasteiger partial charge in [0.25, 0.3) is 0 Å². The highest BCUT2D eigenvalue weighted by Crippen LogP contribution is 2.35. The zero-order chi connectivity index (χ0) is 21.8. The van der Waals surface area contributed by atoms with Crippen molar-refractivity contribution in [2.24, 2.45) is 5.92 Å². The van der Waals surface area contributed by atoms with Crippen LogP contribution >= 0.6 is 23.4 Å². The number of ether oxygens (including phenoxy) is 1. The Labute approximate surface area is 187 Å². The van der Waals surface area contributed by atoms with Gasteiger partial charge in [0, 0.05) is 29.9 Å². The van der Waals surface area contributed by atoms with Crippen LogP contribution in [0.2, 0.25) is 0 Å². The van der Waals surface area contributed by atoms with Gasteiger partial charge in [0.2, 0.25) is 0 Å². The zero-order valence-corrected chi connectivity index (χ0v) is 19.0. The first-order chi connectivity index (χ1) is 14.3. The molecule has 2 saturated heterocycles. The monoisotopic (exact) mass is 457 g/mol. The maximum atomic E-state index is 13.4. The van der Waals surface area contributed by atoms with Crippen LogP contribution in [0.4, 0.5) is 5.69 Å². The summed E-state index contributed by atoms with van der Waals surface area (Å²) in [4.78, 5) is 15.5. The molecule has 0 aromatic heterocycles. The maximum Gasteiger partial charge on any atom is 0.155 e. The van der Waals surface area contributed by atoms with Crippen LogP contribution < -0.4 is 4.90 Å². The van der Waals surface area contributed by atoms with E-state index >= 15 is 0 Å². The topological polar surface area (TPSA) is 90.2 Å². The molecule has 0 amide bonds. The van der Waals surface area contributed by atoms with Crippen molar-refractivity contribution in [2.75, 3.05) is 17.7 Å². The van der Waals surface area contributed by atoms with Crippen LogP contribution in [0.3, 0.4) is 0 Å². The van der Waals surface area contributed by atoms with Crippen LogP contribution in [0.15, 0.2) is 30.3 Å². The quantitative estimate of drug-likeness (QED) is 0.541. The lowest BCUT2D eigenvalue weighted by molar-refractivity contribution is -0.211. The van der Waals surface area contributed by atoms with Gasteiger partial charge in [-0.2, -0.15) is 0 Å². The molecular formula is C22H32ClNO5S. The third-order valence-corrected chi connectivity index (χ3v) is 7.43. The Morgan fingerprint density at radius 2 is 1.90 bits per heavy atom. The van der Waals surface area contributed by atoms with Gasteiger partial charge < -0.3 is 25.0 Å². The van der Waals surface area contributed by atoms with E-state index in [-0.39, 0.29) is 18.2 Å². The number of hydrogen-bond donors (Lipinski definition) is 3. The van der Waals surface area contributed by atoms with Crippen LogP contribution in [-0.2, 0) is 9.53 Å². The smallest absolute Gasteiger partial charge is 0.155 e. The normalized spacial score (nSPS) is 34.4. The van der Waals surface area contributed by atoms with Crippen molar-refractivity contribution in [1.29, 1.82) is 0 Å². The van der Waals surface area contributed by atoms with Gasteiger partial charge in [-0.05, 0) is 44.6 Å². The number of ketones is 1. The summed E-state index contributed by atoms with van der Waals surface area (Å²) in [7, 11) is 0. The molecule has 2 fully saturated rings. The van der Waals surface area contributed by atoms with E-state index in [2.05, 4.69) is 4.90 Å². The number of halogens is 1. The summed E-state index contributed by atoms with van der Waals surface area (Å²) in [6.45, 7) is 2.60. The van der Waals surface area contributed by atoms with Crippen LogP contribution in [0.5, 0.6) is 0 Å². The summed E-state index contributed by atoms with van der Waals surface area (Å²) in [5.74, 6) is -0.418. The van der Waals surface area contributed by atoms with Gasteiger partial charge in [0.15, 0.2) is 5.78 Å². The number of hydrogen-bond acceptors (Lipinski definition) is 7. The molecule has 1 aromatic carbocycles. The van der Waals surface area contributed by atoms with Gasteiger partial charge >= 0.3 is 0 Å². The van der Waals surface area contributed by atoms with Crippen molar-refractivity contribution in [2.45, 2.75) is 73.9 Å². The molecule has 2 aliphatic rings. The molecule has 8 atom stereocenters. The Morgan fingerprint density at radius 1 is 1.20 bits per heavy atom. The number of benzene rings is 1. The molecule has 1 aromatic rings. The molecular weight excluding hydrogens is 426 g/mol. The lowest BCUT2D eigenvalue weighted by atomic mass is 9.83. The van der Waals surface area contributed by atoms with E-state index in [1.165, 1.54) is 11.8 Å². The third-order valence-electron chi connectivity index (χ3n) is 6.25. The molecule has 3 N–H and O–H groups in total. The maximum absolute atomic E-state index is 13.4. The van der Waals surface area contributed by atoms with Gasteiger partial charge in [0.05, 0.1) is 12.1 Å². The van der Waals surface area contributed by atoms with Crippen molar-refractivity contribution >= 4 is 34.8 Å². The zero-order valence-electron chi connectivity index (χ0n) is 17.4. The number of nitrogens with zero attached hydrogens (tertiary/aromatic N) is 1.